The minimum atomic E-state index is -0.419. The predicted molar refractivity (Wildman–Crippen MR) is 64.3 cm³/mol. The van der Waals surface area contributed by atoms with Crippen LogP contribution in [0, 0.1) is 11.3 Å². The number of nitrogens with one attached hydrogen (secondary N) is 1. The Labute approximate surface area is 98.4 Å². The van der Waals surface area contributed by atoms with Gasteiger partial charge in [0, 0.05) is 11.5 Å². The molecule has 4 nitrogen and oxygen atoms in total. The summed E-state index contributed by atoms with van der Waals surface area (Å²) in [5, 5.41) is 12.0. The predicted octanol–water partition coefficient (Wildman–Crippen LogP) is 2.17. The van der Waals surface area contributed by atoms with E-state index in [4.69, 9.17) is 4.74 Å². The van der Waals surface area contributed by atoms with E-state index in [0.29, 0.717) is 5.92 Å². The Balaban J connectivity index is 4.18. The Morgan fingerprint density at radius 3 is 2.38 bits per heavy atom. The fraction of sp³-hybridized carbons (Fsp3) is 0.917. The van der Waals surface area contributed by atoms with E-state index in [1.165, 1.54) is 0 Å². The first kappa shape index (κ1) is 15.2. The van der Waals surface area contributed by atoms with E-state index in [9.17, 15) is 9.90 Å². The lowest BCUT2D eigenvalue weighted by Gasteiger charge is -2.32. The summed E-state index contributed by atoms with van der Waals surface area (Å²) in [6, 6.07) is 0.0662. The summed E-state index contributed by atoms with van der Waals surface area (Å²) in [4.78, 5) is 11.3. The molecule has 0 aromatic heterocycles. The number of hydrogen-bond acceptors (Lipinski definition) is 3. The largest absolute Gasteiger partial charge is 0.449 e. The van der Waals surface area contributed by atoms with Crippen LogP contribution in [-0.2, 0) is 4.74 Å². The third-order valence-electron chi connectivity index (χ3n) is 3.10. The summed E-state index contributed by atoms with van der Waals surface area (Å²) in [6.07, 6.45) is 0.532. The van der Waals surface area contributed by atoms with Crippen molar-refractivity contribution in [2.45, 2.75) is 47.1 Å². The second-order valence-electron chi connectivity index (χ2n) is 5.00. The standard InChI is InChI=1S/C12H25NO3/c1-6-10(4)12(5,7-14)8-16-11(15)13-9(2)3/h9-10,14H,6-8H2,1-5H3,(H,13,15). The van der Waals surface area contributed by atoms with E-state index in [1.54, 1.807) is 0 Å². The van der Waals surface area contributed by atoms with E-state index in [-0.39, 0.29) is 24.7 Å². The molecule has 0 aliphatic heterocycles. The first-order valence-electron chi connectivity index (χ1n) is 5.90. The monoisotopic (exact) mass is 231 g/mol. The number of alkyl carbamates (subject to hydrolysis) is 1. The highest BCUT2D eigenvalue weighted by Gasteiger charge is 2.31. The lowest BCUT2D eigenvalue weighted by Crippen LogP contribution is -2.38. The smallest absolute Gasteiger partial charge is 0.407 e. The van der Waals surface area contributed by atoms with Crippen molar-refractivity contribution < 1.29 is 14.6 Å². The Hall–Kier alpha value is -0.770. The summed E-state index contributed by atoms with van der Waals surface area (Å²) in [5.74, 6) is 0.310. The molecular weight excluding hydrogens is 206 g/mol. The van der Waals surface area contributed by atoms with Gasteiger partial charge in [-0.25, -0.2) is 4.79 Å². The number of rotatable bonds is 6. The third-order valence-corrected chi connectivity index (χ3v) is 3.10. The van der Waals surface area contributed by atoms with Crippen molar-refractivity contribution in [1.82, 2.24) is 5.32 Å². The zero-order valence-corrected chi connectivity index (χ0v) is 11.0. The number of hydrogen-bond donors (Lipinski definition) is 2. The SMILES string of the molecule is CCC(C)C(C)(CO)COC(=O)NC(C)C. The number of amides is 1. The molecule has 0 bridgehead atoms. The van der Waals surface area contributed by atoms with Crippen LogP contribution in [0.15, 0.2) is 0 Å². The molecule has 0 radical (unpaired) electrons. The lowest BCUT2D eigenvalue weighted by molar-refractivity contribution is 0.0120. The summed E-state index contributed by atoms with van der Waals surface area (Å²) in [5.41, 5.74) is -0.358. The minimum Gasteiger partial charge on any atom is -0.449 e. The lowest BCUT2D eigenvalue weighted by atomic mass is 9.78. The summed E-state index contributed by atoms with van der Waals surface area (Å²) >= 11 is 0. The van der Waals surface area contributed by atoms with Crippen LogP contribution in [0.3, 0.4) is 0 Å². The van der Waals surface area contributed by atoms with E-state index in [0.717, 1.165) is 6.42 Å². The Morgan fingerprint density at radius 1 is 1.44 bits per heavy atom. The molecule has 0 aliphatic rings. The molecule has 0 spiro atoms. The first-order chi connectivity index (χ1) is 7.35. The van der Waals surface area contributed by atoms with Gasteiger partial charge >= 0.3 is 6.09 Å². The maximum absolute atomic E-state index is 11.3. The van der Waals surface area contributed by atoms with E-state index in [1.807, 2.05) is 20.8 Å². The molecule has 0 rings (SSSR count). The number of aliphatic hydroxyl groups is 1. The zero-order valence-electron chi connectivity index (χ0n) is 11.0. The first-order valence-corrected chi connectivity index (χ1v) is 5.90. The molecule has 0 saturated heterocycles. The molecule has 0 fully saturated rings. The van der Waals surface area contributed by atoms with Gasteiger partial charge in [0.15, 0.2) is 0 Å². The summed E-state index contributed by atoms with van der Waals surface area (Å²) < 4.78 is 5.12. The molecule has 0 aliphatic carbocycles. The molecule has 0 aromatic rings. The van der Waals surface area contributed by atoms with Gasteiger partial charge in [0.05, 0.1) is 6.61 Å². The Bertz CT molecular complexity index is 218. The van der Waals surface area contributed by atoms with Gasteiger partial charge < -0.3 is 15.2 Å². The number of carbonyl (C=O) groups is 1. The maximum Gasteiger partial charge on any atom is 0.407 e. The average Bonchev–Trinajstić information content (AvgIpc) is 2.23. The highest BCUT2D eigenvalue weighted by atomic mass is 16.5. The van der Waals surface area contributed by atoms with Crippen molar-refractivity contribution in [1.29, 1.82) is 0 Å². The fourth-order valence-corrected chi connectivity index (χ4v) is 1.34. The van der Waals surface area contributed by atoms with Crippen LogP contribution < -0.4 is 5.32 Å². The Kier molecular flexibility index (Phi) is 6.41. The molecule has 4 heteroatoms. The molecule has 16 heavy (non-hydrogen) atoms. The van der Waals surface area contributed by atoms with Gasteiger partial charge in [0.2, 0.25) is 0 Å². The van der Waals surface area contributed by atoms with Gasteiger partial charge in [0.1, 0.15) is 6.61 Å². The van der Waals surface area contributed by atoms with Gasteiger partial charge in [-0.05, 0) is 19.8 Å². The van der Waals surface area contributed by atoms with Gasteiger partial charge in [-0.2, -0.15) is 0 Å². The molecule has 0 saturated carbocycles. The van der Waals surface area contributed by atoms with Crippen molar-refractivity contribution in [3.63, 3.8) is 0 Å². The van der Waals surface area contributed by atoms with Crippen LogP contribution in [0.2, 0.25) is 0 Å². The molecular formula is C12H25NO3. The zero-order chi connectivity index (χ0) is 12.8. The third kappa shape index (κ3) is 4.84. The summed E-state index contributed by atoms with van der Waals surface area (Å²) in [7, 11) is 0. The molecule has 2 N–H and O–H groups in total. The molecule has 96 valence electrons. The molecule has 0 heterocycles. The van der Waals surface area contributed by atoms with Gasteiger partial charge in [-0.1, -0.05) is 27.2 Å². The second-order valence-corrected chi connectivity index (χ2v) is 5.00. The highest BCUT2D eigenvalue weighted by molar-refractivity contribution is 5.67. The molecule has 0 aromatic carbocycles. The van der Waals surface area contributed by atoms with Crippen molar-refractivity contribution in [2.24, 2.45) is 11.3 Å². The van der Waals surface area contributed by atoms with Crippen LogP contribution in [0.25, 0.3) is 0 Å². The molecule has 2 atom stereocenters. The van der Waals surface area contributed by atoms with E-state index in [2.05, 4.69) is 19.2 Å². The quantitative estimate of drug-likeness (QED) is 0.736. The van der Waals surface area contributed by atoms with Crippen molar-refractivity contribution in [3.8, 4) is 0 Å². The topological polar surface area (TPSA) is 58.6 Å². The summed E-state index contributed by atoms with van der Waals surface area (Å²) in [6.45, 7) is 10.1. The number of carbonyl (C=O) groups excluding carboxylic acids is 1. The van der Waals surface area contributed by atoms with Gasteiger partial charge in [0.25, 0.3) is 0 Å². The second kappa shape index (κ2) is 6.74. The molecule has 2 unspecified atom stereocenters. The van der Waals surface area contributed by atoms with Crippen molar-refractivity contribution in [3.05, 3.63) is 0 Å². The minimum absolute atomic E-state index is 0.0248. The van der Waals surface area contributed by atoms with Crippen LogP contribution in [0.1, 0.15) is 41.0 Å². The van der Waals surface area contributed by atoms with Crippen LogP contribution in [-0.4, -0.2) is 30.5 Å². The van der Waals surface area contributed by atoms with E-state index >= 15 is 0 Å². The highest BCUT2D eigenvalue weighted by Crippen LogP contribution is 2.29. The van der Waals surface area contributed by atoms with Crippen LogP contribution in [0.4, 0.5) is 4.79 Å². The molecule has 1 amide bonds. The van der Waals surface area contributed by atoms with E-state index < -0.39 is 6.09 Å². The van der Waals surface area contributed by atoms with Gasteiger partial charge in [-0.3, -0.25) is 0 Å². The normalized spacial score (nSPS) is 16.7. The average molecular weight is 231 g/mol. The maximum atomic E-state index is 11.3. The number of aliphatic hydroxyl groups excluding tert-OH is 1. The van der Waals surface area contributed by atoms with Crippen LogP contribution in [0.5, 0.6) is 0 Å². The van der Waals surface area contributed by atoms with Gasteiger partial charge in [-0.15, -0.1) is 0 Å². The van der Waals surface area contributed by atoms with Crippen LogP contribution >= 0.6 is 0 Å². The van der Waals surface area contributed by atoms with Crippen molar-refractivity contribution >= 4 is 6.09 Å². The Morgan fingerprint density at radius 2 is 2.00 bits per heavy atom. The fourth-order valence-electron chi connectivity index (χ4n) is 1.34. The number of ether oxygens (including phenoxy) is 1. The van der Waals surface area contributed by atoms with Crippen molar-refractivity contribution in [2.75, 3.05) is 13.2 Å².